The van der Waals surface area contributed by atoms with Crippen LogP contribution in [0.2, 0.25) is 0 Å². The van der Waals surface area contributed by atoms with E-state index in [2.05, 4.69) is 52.3 Å². The van der Waals surface area contributed by atoms with E-state index in [1.165, 1.54) is 11.1 Å². The first-order valence-electron chi connectivity index (χ1n) is 9.52. The number of rotatable bonds is 7. The van der Waals surface area contributed by atoms with Crippen molar-refractivity contribution in [3.8, 4) is 11.6 Å². The van der Waals surface area contributed by atoms with Crippen LogP contribution in [-0.2, 0) is 17.6 Å². The summed E-state index contributed by atoms with van der Waals surface area (Å²) in [6.07, 6.45) is 1.44. The first kappa shape index (κ1) is 18.5. The molecule has 0 atom stereocenters. The lowest BCUT2D eigenvalue weighted by molar-refractivity contribution is 0.159. The van der Waals surface area contributed by atoms with Crippen LogP contribution in [0.1, 0.15) is 17.0 Å². The molecular weight excluding hydrogens is 358 g/mol. The number of hydrogen-bond acceptors (Lipinski definition) is 6. The second-order valence-corrected chi connectivity index (χ2v) is 7.41. The first-order valence-corrected chi connectivity index (χ1v) is 9.52. The third kappa shape index (κ3) is 3.73. The zero-order chi connectivity index (χ0) is 19.7. The molecule has 1 aliphatic rings. The Morgan fingerprint density at radius 1 is 1.29 bits per heavy atom. The van der Waals surface area contributed by atoms with Gasteiger partial charge in [0.05, 0.1) is 6.54 Å². The fraction of sp³-hybridized carbons (Fsp3) is 0.450. The molecule has 1 saturated heterocycles. The van der Waals surface area contributed by atoms with Crippen molar-refractivity contribution in [2.24, 2.45) is 0 Å². The molecule has 0 spiro atoms. The van der Waals surface area contributed by atoms with E-state index in [1.807, 2.05) is 6.92 Å². The van der Waals surface area contributed by atoms with Crippen LogP contribution >= 0.6 is 0 Å². The average Bonchev–Trinajstić information content (AvgIpc) is 3.36. The van der Waals surface area contributed by atoms with Crippen molar-refractivity contribution in [1.29, 1.82) is 0 Å². The number of nitrogens with zero attached hydrogens (tertiary/aromatic N) is 4. The Kier molecular flexibility index (Phi) is 5.04. The van der Waals surface area contributed by atoms with Gasteiger partial charge in [-0.25, -0.2) is 4.79 Å². The molecule has 0 saturated carbocycles. The van der Waals surface area contributed by atoms with Crippen LogP contribution in [0.5, 0.6) is 0 Å². The zero-order valence-corrected chi connectivity index (χ0v) is 16.5. The van der Waals surface area contributed by atoms with Gasteiger partial charge in [0.2, 0.25) is 0 Å². The maximum atomic E-state index is 11.6. The van der Waals surface area contributed by atoms with Crippen molar-refractivity contribution in [3.63, 3.8) is 0 Å². The largest absolute Gasteiger partial charge is 0.448 e. The minimum Gasteiger partial charge on any atom is -0.448 e. The molecule has 4 rings (SSSR count). The second-order valence-electron chi connectivity index (χ2n) is 7.41. The maximum Gasteiger partial charge on any atom is 0.409 e. The Hall–Kier alpha value is -2.87. The number of aromatic amines is 1. The number of benzene rings is 1. The van der Waals surface area contributed by atoms with E-state index in [0.29, 0.717) is 31.4 Å². The highest BCUT2D eigenvalue weighted by Gasteiger charge is 2.22. The van der Waals surface area contributed by atoms with E-state index < -0.39 is 0 Å². The van der Waals surface area contributed by atoms with Gasteiger partial charge in [-0.2, -0.15) is 4.98 Å². The van der Waals surface area contributed by atoms with Crippen LogP contribution in [0.3, 0.4) is 0 Å². The highest BCUT2D eigenvalue weighted by molar-refractivity contribution is 5.90. The molecule has 0 unspecified atom stereocenters. The average molecular weight is 383 g/mol. The molecule has 1 aliphatic heterocycles. The lowest BCUT2D eigenvalue weighted by Gasteiger charge is -2.12. The number of nitrogens with one attached hydrogen (secondary N) is 1. The molecule has 8 heteroatoms. The van der Waals surface area contributed by atoms with E-state index >= 15 is 0 Å². The number of likely N-dealkylation sites (N-methyl/N-ethyl adjacent to an activating group) is 1. The Morgan fingerprint density at radius 3 is 2.82 bits per heavy atom. The monoisotopic (exact) mass is 383 g/mol. The Morgan fingerprint density at radius 2 is 2.14 bits per heavy atom. The van der Waals surface area contributed by atoms with Gasteiger partial charge in [-0.3, -0.25) is 0 Å². The molecule has 8 nitrogen and oxygen atoms in total. The minimum absolute atomic E-state index is 0.219. The predicted molar refractivity (Wildman–Crippen MR) is 105 cm³/mol. The van der Waals surface area contributed by atoms with Crippen molar-refractivity contribution < 1.29 is 14.1 Å². The molecule has 1 N–H and O–H groups in total. The van der Waals surface area contributed by atoms with E-state index in [1.54, 1.807) is 4.90 Å². The molecule has 2 aromatic heterocycles. The zero-order valence-electron chi connectivity index (χ0n) is 16.5. The minimum atomic E-state index is -0.219. The molecule has 3 heterocycles. The molecule has 0 radical (unpaired) electrons. The van der Waals surface area contributed by atoms with Crippen molar-refractivity contribution in [2.75, 3.05) is 40.3 Å². The lowest BCUT2D eigenvalue weighted by atomic mass is 10.0. The van der Waals surface area contributed by atoms with Gasteiger partial charge in [0, 0.05) is 24.0 Å². The molecule has 3 aromatic rings. The van der Waals surface area contributed by atoms with E-state index in [9.17, 15) is 4.79 Å². The number of H-pyrrole nitrogens is 1. The number of hydrogen-bond donors (Lipinski definition) is 1. The van der Waals surface area contributed by atoms with Gasteiger partial charge >= 0.3 is 6.09 Å². The number of carbonyl (C=O) groups is 1. The van der Waals surface area contributed by atoms with Gasteiger partial charge in [0.25, 0.3) is 5.89 Å². The van der Waals surface area contributed by atoms with Gasteiger partial charge in [-0.1, -0.05) is 11.2 Å². The van der Waals surface area contributed by atoms with Gasteiger partial charge in [-0.05, 0) is 57.1 Å². The Labute approximate surface area is 163 Å². The summed E-state index contributed by atoms with van der Waals surface area (Å²) >= 11 is 0. The Balaban J connectivity index is 1.65. The molecule has 0 bridgehead atoms. The molecule has 148 valence electrons. The highest BCUT2D eigenvalue weighted by Crippen LogP contribution is 2.31. The van der Waals surface area contributed by atoms with Crippen LogP contribution < -0.4 is 0 Å². The van der Waals surface area contributed by atoms with Crippen molar-refractivity contribution >= 4 is 17.0 Å². The van der Waals surface area contributed by atoms with Crippen LogP contribution in [0, 0.1) is 6.92 Å². The topological polar surface area (TPSA) is 87.5 Å². The van der Waals surface area contributed by atoms with E-state index in [-0.39, 0.29) is 6.09 Å². The summed E-state index contributed by atoms with van der Waals surface area (Å²) in [5, 5.41) is 5.09. The van der Waals surface area contributed by atoms with Gasteiger partial charge in [-0.15, -0.1) is 0 Å². The van der Waals surface area contributed by atoms with Crippen LogP contribution in [-0.4, -0.2) is 71.4 Å². The summed E-state index contributed by atoms with van der Waals surface area (Å²) < 4.78 is 10.4. The number of ether oxygens (including phenoxy) is 1. The first-order chi connectivity index (χ1) is 13.5. The molecule has 1 fully saturated rings. The fourth-order valence-corrected chi connectivity index (χ4v) is 3.52. The van der Waals surface area contributed by atoms with Crippen molar-refractivity contribution in [2.45, 2.75) is 19.8 Å². The van der Waals surface area contributed by atoms with E-state index in [4.69, 9.17) is 9.26 Å². The SMILES string of the molecule is Cc1noc(-c2[nH]c3ccc(CCN4CCOC4=O)cc3c2CCN(C)C)n1. The number of fused-ring (bicyclic) bond motifs is 1. The second kappa shape index (κ2) is 7.63. The molecule has 28 heavy (non-hydrogen) atoms. The van der Waals surface area contributed by atoms with Crippen molar-refractivity contribution in [3.05, 3.63) is 35.2 Å². The van der Waals surface area contributed by atoms with Crippen LogP contribution in [0.15, 0.2) is 22.7 Å². The van der Waals surface area contributed by atoms with Crippen molar-refractivity contribution in [1.82, 2.24) is 24.9 Å². The number of amides is 1. The number of aryl methyl sites for hydroxylation is 1. The molecule has 0 aliphatic carbocycles. The molecule has 1 amide bonds. The number of aromatic nitrogens is 3. The summed E-state index contributed by atoms with van der Waals surface area (Å²) in [5.74, 6) is 1.13. The standard InChI is InChI=1S/C20H25N5O3/c1-13-21-19(28-23-13)18-15(7-8-24(2)3)16-12-14(4-5-17(16)22-18)6-9-25-10-11-27-20(25)26/h4-5,12,22H,6-11H2,1-3H3. The summed E-state index contributed by atoms with van der Waals surface area (Å²) in [6, 6.07) is 6.38. The molecule has 1 aromatic carbocycles. The van der Waals surface area contributed by atoms with Gasteiger partial charge in [0.15, 0.2) is 5.82 Å². The van der Waals surface area contributed by atoms with Crippen LogP contribution in [0.4, 0.5) is 4.79 Å². The normalized spacial score (nSPS) is 14.4. The lowest BCUT2D eigenvalue weighted by Crippen LogP contribution is -2.26. The highest BCUT2D eigenvalue weighted by atomic mass is 16.6. The van der Waals surface area contributed by atoms with E-state index in [0.717, 1.165) is 36.0 Å². The smallest absolute Gasteiger partial charge is 0.409 e. The number of cyclic esters (lactones) is 1. The summed E-state index contributed by atoms with van der Waals surface area (Å²) in [7, 11) is 4.12. The predicted octanol–water partition coefficient (Wildman–Crippen LogP) is 2.63. The van der Waals surface area contributed by atoms with Gasteiger partial charge < -0.3 is 24.0 Å². The third-order valence-electron chi connectivity index (χ3n) is 5.04. The van der Waals surface area contributed by atoms with Crippen LogP contribution in [0.25, 0.3) is 22.5 Å². The van der Waals surface area contributed by atoms with Gasteiger partial charge in [0.1, 0.15) is 12.3 Å². The quantitative estimate of drug-likeness (QED) is 0.675. The maximum absolute atomic E-state index is 11.6. The Bertz CT molecular complexity index is 991. The summed E-state index contributed by atoms with van der Waals surface area (Å²) in [4.78, 5) is 23.4. The molecular formula is C20H25N5O3. The third-order valence-corrected chi connectivity index (χ3v) is 5.04. The summed E-state index contributed by atoms with van der Waals surface area (Å²) in [5.41, 5.74) is 4.29. The summed E-state index contributed by atoms with van der Waals surface area (Å²) in [6.45, 7) is 4.54. The fourth-order valence-electron chi connectivity index (χ4n) is 3.52. The number of carbonyl (C=O) groups excluding carboxylic acids is 1.